The normalized spacial score (nSPS) is 17.8. The average Bonchev–Trinajstić information content (AvgIpc) is 3.19. The summed E-state index contributed by atoms with van der Waals surface area (Å²) in [5.41, 5.74) is 17.6. The number of nitrogens with one attached hydrogen (secondary N) is 1. The van der Waals surface area contributed by atoms with Crippen LogP contribution in [0.25, 0.3) is 0 Å². The summed E-state index contributed by atoms with van der Waals surface area (Å²) in [7, 11) is -1.74. The number of aliphatic imine (C=N–C) groups is 1. The van der Waals surface area contributed by atoms with E-state index in [0.717, 1.165) is 5.56 Å². The van der Waals surface area contributed by atoms with Gasteiger partial charge >= 0.3 is 7.12 Å². The molecule has 1 aromatic rings. The Labute approximate surface area is 176 Å². The highest BCUT2D eigenvalue weighted by atomic mass is 16.4. The van der Waals surface area contributed by atoms with Crippen LogP contribution in [0.1, 0.15) is 31.2 Å². The zero-order valence-corrected chi connectivity index (χ0v) is 17.0. The molecule has 1 heterocycles. The molecular weight excluding hydrogens is 387 g/mol. The summed E-state index contributed by atoms with van der Waals surface area (Å²) in [6, 6.07) is 8.02. The van der Waals surface area contributed by atoms with Crippen molar-refractivity contribution in [3.63, 3.8) is 0 Å². The summed E-state index contributed by atoms with van der Waals surface area (Å²) >= 11 is 0. The number of nitrogens with zero attached hydrogens (tertiary/aromatic N) is 2. The van der Waals surface area contributed by atoms with Crippen LogP contribution in [-0.2, 0) is 16.0 Å². The van der Waals surface area contributed by atoms with Crippen molar-refractivity contribution in [3.8, 4) is 0 Å². The molecule has 0 bridgehead atoms. The van der Waals surface area contributed by atoms with Crippen molar-refractivity contribution >= 4 is 24.9 Å². The number of hydrogen-bond donors (Lipinski definition) is 6. The molecule has 0 unspecified atom stereocenters. The summed E-state index contributed by atoms with van der Waals surface area (Å²) in [6.45, 7) is 0.750. The Kier molecular flexibility index (Phi) is 9.09. The lowest BCUT2D eigenvalue weighted by atomic mass is 9.76. The van der Waals surface area contributed by atoms with Crippen LogP contribution in [0.3, 0.4) is 0 Å². The smallest absolute Gasteiger partial charge is 0.426 e. The molecule has 1 aliphatic heterocycles. The average molecular weight is 418 g/mol. The Hall–Kier alpha value is -2.63. The van der Waals surface area contributed by atoms with Gasteiger partial charge in [-0.2, -0.15) is 0 Å². The second kappa shape index (κ2) is 11.5. The summed E-state index contributed by atoms with van der Waals surface area (Å²) in [4.78, 5) is 30.9. The number of hydrogen-bond acceptors (Lipinski definition) is 6. The fourth-order valence-corrected chi connectivity index (χ4v) is 3.57. The van der Waals surface area contributed by atoms with Gasteiger partial charge < -0.3 is 37.5 Å². The number of amides is 2. The van der Waals surface area contributed by atoms with Crippen molar-refractivity contribution in [2.24, 2.45) is 22.2 Å². The van der Waals surface area contributed by atoms with E-state index in [1.807, 2.05) is 30.3 Å². The van der Waals surface area contributed by atoms with Gasteiger partial charge in [0.1, 0.15) is 6.04 Å². The number of likely N-dealkylation sites (tertiary alicyclic amines) is 1. The second-order valence-corrected chi connectivity index (χ2v) is 7.46. The van der Waals surface area contributed by atoms with Gasteiger partial charge in [-0.25, -0.2) is 0 Å². The third-order valence-electron chi connectivity index (χ3n) is 5.11. The van der Waals surface area contributed by atoms with Crippen molar-refractivity contribution in [1.29, 1.82) is 0 Å². The molecule has 9 N–H and O–H groups in total. The van der Waals surface area contributed by atoms with E-state index in [9.17, 15) is 19.6 Å². The Morgan fingerprint density at radius 2 is 1.97 bits per heavy atom. The van der Waals surface area contributed by atoms with E-state index in [-0.39, 0.29) is 18.3 Å². The Morgan fingerprint density at radius 3 is 2.60 bits per heavy atom. The lowest BCUT2D eigenvalue weighted by molar-refractivity contribution is -0.139. The molecule has 0 saturated carbocycles. The first kappa shape index (κ1) is 23.7. The zero-order valence-electron chi connectivity index (χ0n) is 17.0. The van der Waals surface area contributed by atoms with E-state index in [1.165, 1.54) is 4.90 Å². The van der Waals surface area contributed by atoms with Crippen LogP contribution in [0.5, 0.6) is 0 Å². The first-order valence-electron chi connectivity index (χ1n) is 10.1. The van der Waals surface area contributed by atoms with Gasteiger partial charge in [-0.1, -0.05) is 30.3 Å². The third-order valence-corrected chi connectivity index (χ3v) is 5.11. The first-order chi connectivity index (χ1) is 14.3. The summed E-state index contributed by atoms with van der Waals surface area (Å²) in [5.74, 6) is -1.65. The van der Waals surface area contributed by atoms with Crippen LogP contribution in [-0.4, -0.2) is 71.0 Å². The van der Waals surface area contributed by atoms with E-state index >= 15 is 0 Å². The second-order valence-electron chi connectivity index (χ2n) is 7.46. The standard InChI is InChI=1S/C19H31BN6O4/c21-14(12-13-6-2-1-3-7-13)18(28)26-11-5-8-15(26)17(27)25-16(20(29)30)9-4-10-24-19(22)23/h1-3,6-7,14-16,29-30H,4-5,8-12,21H2,(H,25,27)(H4,22,23,24)/t14-,15+,16+/m1/s1. The maximum Gasteiger partial charge on any atom is 0.475 e. The van der Waals surface area contributed by atoms with Gasteiger partial charge in [-0.15, -0.1) is 0 Å². The number of carbonyl (C=O) groups excluding carboxylic acids is 2. The van der Waals surface area contributed by atoms with Crippen LogP contribution in [0.15, 0.2) is 35.3 Å². The molecule has 164 valence electrons. The minimum absolute atomic E-state index is 0.0490. The topological polar surface area (TPSA) is 180 Å². The highest BCUT2D eigenvalue weighted by Crippen LogP contribution is 2.19. The van der Waals surface area contributed by atoms with Gasteiger partial charge in [0.15, 0.2) is 5.96 Å². The fraction of sp³-hybridized carbons (Fsp3) is 0.526. The number of carbonyl (C=O) groups is 2. The number of nitrogens with two attached hydrogens (primary N) is 3. The van der Waals surface area contributed by atoms with E-state index in [2.05, 4.69) is 10.3 Å². The van der Waals surface area contributed by atoms with Gasteiger partial charge in [0, 0.05) is 13.1 Å². The van der Waals surface area contributed by atoms with E-state index in [1.54, 1.807) is 0 Å². The molecule has 0 radical (unpaired) electrons. The molecule has 11 heteroatoms. The van der Waals surface area contributed by atoms with Crippen molar-refractivity contribution in [2.45, 2.75) is 50.1 Å². The van der Waals surface area contributed by atoms with Gasteiger partial charge in [-0.05, 0) is 37.7 Å². The maximum atomic E-state index is 12.8. The Morgan fingerprint density at radius 1 is 1.27 bits per heavy atom. The van der Waals surface area contributed by atoms with Crippen LogP contribution in [0.2, 0.25) is 0 Å². The molecule has 3 atom stereocenters. The van der Waals surface area contributed by atoms with Crippen LogP contribution < -0.4 is 22.5 Å². The van der Waals surface area contributed by atoms with Crippen molar-refractivity contribution in [3.05, 3.63) is 35.9 Å². The monoisotopic (exact) mass is 418 g/mol. The van der Waals surface area contributed by atoms with Crippen molar-refractivity contribution < 1.29 is 19.6 Å². The van der Waals surface area contributed by atoms with Gasteiger partial charge in [0.25, 0.3) is 0 Å². The lowest BCUT2D eigenvalue weighted by Gasteiger charge is -2.28. The molecule has 10 nitrogen and oxygen atoms in total. The minimum atomic E-state index is -1.74. The largest absolute Gasteiger partial charge is 0.475 e. The molecule has 0 aliphatic carbocycles. The molecule has 1 aromatic carbocycles. The third kappa shape index (κ3) is 7.01. The quantitative estimate of drug-likeness (QED) is 0.111. The van der Waals surface area contributed by atoms with E-state index in [4.69, 9.17) is 17.2 Å². The van der Waals surface area contributed by atoms with Crippen LogP contribution in [0.4, 0.5) is 0 Å². The van der Waals surface area contributed by atoms with E-state index < -0.39 is 31.1 Å². The summed E-state index contributed by atoms with van der Waals surface area (Å²) in [6.07, 6.45) is 2.29. The van der Waals surface area contributed by atoms with Crippen molar-refractivity contribution in [1.82, 2.24) is 10.2 Å². The lowest BCUT2D eigenvalue weighted by Crippen LogP contribution is -2.55. The van der Waals surface area contributed by atoms with Crippen LogP contribution in [0, 0.1) is 0 Å². The molecule has 2 amide bonds. The Balaban J connectivity index is 1.94. The SMILES string of the molecule is NC(N)=NCCC[C@H](NC(=O)[C@@H]1CCCN1C(=O)[C@H](N)Cc1ccccc1)B(O)O. The summed E-state index contributed by atoms with van der Waals surface area (Å²) in [5, 5.41) is 21.8. The number of benzene rings is 1. The van der Waals surface area contributed by atoms with E-state index in [0.29, 0.717) is 38.8 Å². The fourth-order valence-electron chi connectivity index (χ4n) is 3.57. The molecule has 30 heavy (non-hydrogen) atoms. The zero-order chi connectivity index (χ0) is 22.1. The molecule has 0 spiro atoms. The predicted molar refractivity (Wildman–Crippen MR) is 115 cm³/mol. The number of rotatable bonds is 10. The molecule has 2 rings (SSSR count). The molecular formula is C19H31BN6O4. The maximum absolute atomic E-state index is 12.8. The first-order valence-corrected chi connectivity index (χ1v) is 10.1. The minimum Gasteiger partial charge on any atom is -0.426 e. The molecule has 1 fully saturated rings. The molecule has 1 aliphatic rings. The van der Waals surface area contributed by atoms with Gasteiger partial charge in [0.2, 0.25) is 11.8 Å². The van der Waals surface area contributed by atoms with Crippen LogP contribution >= 0.6 is 0 Å². The van der Waals surface area contributed by atoms with Gasteiger partial charge in [-0.3, -0.25) is 14.6 Å². The molecule has 1 saturated heterocycles. The Bertz CT molecular complexity index is 729. The highest BCUT2D eigenvalue weighted by Gasteiger charge is 2.38. The van der Waals surface area contributed by atoms with Crippen molar-refractivity contribution in [2.75, 3.05) is 13.1 Å². The predicted octanol–water partition coefficient (Wildman–Crippen LogP) is -1.90. The highest BCUT2D eigenvalue weighted by molar-refractivity contribution is 6.43. The number of guanidine groups is 1. The summed E-state index contributed by atoms with van der Waals surface area (Å²) < 4.78 is 0. The van der Waals surface area contributed by atoms with Gasteiger partial charge in [0.05, 0.1) is 12.0 Å². The molecule has 0 aromatic heterocycles.